The van der Waals surface area contributed by atoms with Crippen LogP contribution in [0.25, 0.3) is 10.9 Å². The van der Waals surface area contributed by atoms with Crippen molar-refractivity contribution in [1.82, 2.24) is 9.88 Å². The molecule has 0 bridgehead atoms. The topological polar surface area (TPSA) is 45.3 Å². The Bertz CT molecular complexity index is 925. The molecule has 0 spiro atoms. The van der Waals surface area contributed by atoms with Gasteiger partial charge < -0.3 is 14.6 Å². The lowest BCUT2D eigenvalue weighted by molar-refractivity contribution is 0.0713. The molecule has 1 fully saturated rings. The first-order valence-corrected chi connectivity index (χ1v) is 9.23. The van der Waals surface area contributed by atoms with Crippen LogP contribution in [0, 0.1) is 0 Å². The first-order valence-electron chi connectivity index (χ1n) is 8.85. The van der Waals surface area contributed by atoms with E-state index in [0.717, 1.165) is 42.2 Å². The number of aromatic nitrogens is 1. The van der Waals surface area contributed by atoms with Gasteiger partial charge in [0.15, 0.2) is 0 Å². The average Bonchev–Trinajstić information content (AvgIpc) is 3.10. The third kappa shape index (κ3) is 3.17. The maximum Gasteiger partial charge on any atom is 0.253 e. The Balaban J connectivity index is 1.46. The highest BCUT2D eigenvalue weighted by molar-refractivity contribution is 6.31. The van der Waals surface area contributed by atoms with Crippen LogP contribution in [-0.4, -0.2) is 36.0 Å². The number of hydrogen-bond acceptors (Lipinski definition) is 2. The van der Waals surface area contributed by atoms with Gasteiger partial charge >= 0.3 is 0 Å². The molecular formula is C21H21ClN2O2. The van der Waals surface area contributed by atoms with Gasteiger partial charge in [0.2, 0.25) is 0 Å². The SMILES string of the molecule is COc1ccc(C(=O)N2CCC(c3c[nH]c4ccc(Cl)cc34)CC2)cc1. The maximum atomic E-state index is 12.7. The Hall–Kier alpha value is -2.46. The summed E-state index contributed by atoms with van der Waals surface area (Å²) in [7, 11) is 1.62. The Morgan fingerprint density at radius 2 is 1.88 bits per heavy atom. The van der Waals surface area contributed by atoms with Crippen molar-refractivity contribution in [3.63, 3.8) is 0 Å². The van der Waals surface area contributed by atoms with E-state index in [0.29, 0.717) is 11.5 Å². The average molecular weight is 369 g/mol. The molecular weight excluding hydrogens is 348 g/mol. The second kappa shape index (κ2) is 7.04. The van der Waals surface area contributed by atoms with Crippen molar-refractivity contribution in [2.45, 2.75) is 18.8 Å². The number of aromatic amines is 1. The van der Waals surface area contributed by atoms with Crippen molar-refractivity contribution in [1.29, 1.82) is 0 Å². The number of likely N-dealkylation sites (tertiary alicyclic amines) is 1. The zero-order valence-corrected chi connectivity index (χ0v) is 15.4. The lowest BCUT2D eigenvalue weighted by Crippen LogP contribution is -2.37. The third-order valence-corrected chi connectivity index (χ3v) is 5.47. The maximum absolute atomic E-state index is 12.7. The number of carbonyl (C=O) groups excluding carboxylic acids is 1. The minimum absolute atomic E-state index is 0.0908. The lowest BCUT2D eigenvalue weighted by Gasteiger charge is -2.32. The molecule has 1 saturated heterocycles. The number of rotatable bonds is 3. The molecule has 0 aliphatic carbocycles. The normalized spacial score (nSPS) is 15.4. The predicted octanol–water partition coefficient (Wildman–Crippen LogP) is 4.85. The number of nitrogens with one attached hydrogen (secondary N) is 1. The summed E-state index contributed by atoms with van der Waals surface area (Å²) in [5.41, 5.74) is 3.13. The molecule has 5 heteroatoms. The highest BCUT2D eigenvalue weighted by atomic mass is 35.5. The third-order valence-electron chi connectivity index (χ3n) is 5.23. The summed E-state index contributed by atoms with van der Waals surface area (Å²) >= 11 is 6.16. The van der Waals surface area contributed by atoms with E-state index < -0.39 is 0 Å². The molecule has 4 rings (SSSR count). The Morgan fingerprint density at radius 3 is 2.58 bits per heavy atom. The fourth-order valence-electron chi connectivity index (χ4n) is 3.76. The van der Waals surface area contributed by atoms with Crippen molar-refractivity contribution >= 4 is 28.4 Å². The zero-order chi connectivity index (χ0) is 18.1. The lowest BCUT2D eigenvalue weighted by atomic mass is 9.89. The van der Waals surface area contributed by atoms with Gasteiger partial charge in [-0.25, -0.2) is 0 Å². The quantitative estimate of drug-likeness (QED) is 0.718. The fourth-order valence-corrected chi connectivity index (χ4v) is 3.93. The molecule has 1 aromatic heterocycles. The standard InChI is InChI=1S/C21H21ClN2O2/c1-26-17-5-2-15(3-6-17)21(25)24-10-8-14(9-11-24)19-13-23-20-7-4-16(22)12-18(19)20/h2-7,12-14,23H,8-11H2,1H3. The largest absolute Gasteiger partial charge is 0.497 e. The number of halogens is 1. The van der Waals surface area contributed by atoms with Crippen LogP contribution in [0.1, 0.15) is 34.7 Å². The monoisotopic (exact) mass is 368 g/mol. The van der Waals surface area contributed by atoms with E-state index in [4.69, 9.17) is 16.3 Å². The van der Waals surface area contributed by atoms with Gasteiger partial charge in [-0.3, -0.25) is 4.79 Å². The van der Waals surface area contributed by atoms with Crippen molar-refractivity contribution in [2.75, 3.05) is 20.2 Å². The minimum Gasteiger partial charge on any atom is -0.497 e. The number of benzene rings is 2. The van der Waals surface area contributed by atoms with Crippen LogP contribution in [0.4, 0.5) is 0 Å². The molecule has 0 saturated carbocycles. The van der Waals surface area contributed by atoms with E-state index in [1.165, 1.54) is 10.9 Å². The predicted molar refractivity (Wildman–Crippen MR) is 104 cm³/mol. The molecule has 1 N–H and O–H groups in total. The van der Waals surface area contributed by atoms with Crippen LogP contribution in [0.15, 0.2) is 48.7 Å². The number of fused-ring (bicyclic) bond motifs is 1. The summed E-state index contributed by atoms with van der Waals surface area (Å²) in [6.45, 7) is 1.53. The number of piperidine rings is 1. The van der Waals surface area contributed by atoms with Gasteiger partial charge in [-0.05, 0) is 66.8 Å². The molecule has 3 aromatic rings. The summed E-state index contributed by atoms with van der Waals surface area (Å²) in [6.07, 6.45) is 4.01. The molecule has 1 amide bonds. The first kappa shape index (κ1) is 17.0. The van der Waals surface area contributed by atoms with Crippen LogP contribution < -0.4 is 4.74 Å². The smallest absolute Gasteiger partial charge is 0.253 e. The van der Waals surface area contributed by atoms with E-state index in [1.807, 2.05) is 47.4 Å². The van der Waals surface area contributed by atoms with Gasteiger partial charge in [-0.15, -0.1) is 0 Å². The number of hydrogen-bond donors (Lipinski definition) is 1. The van der Waals surface area contributed by atoms with Crippen molar-refractivity contribution in [3.05, 3.63) is 64.8 Å². The molecule has 134 valence electrons. The van der Waals surface area contributed by atoms with Crippen molar-refractivity contribution in [3.8, 4) is 5.75 Å². The Kier molecular flexibility index (Phi) is 4.60. The van der Waals surface area contributed by atoms with Gasteiger partial charge in [-0.1, -0.05) is 11.6 Å². The highest BCUT2D eigenvalue weighted by Crippen LogP contribution is 2.34. The number of H-pyrrole nitrogens is 1. The summed E-state index contributed by atoms with van der Waals surface area (Å²) in [4.78, 5) is 18.0. The van der Waals surface area contributed by atoms with Crippen LogP contribution >= 0.6 is 11.6 Å². The number of nitrogens with zero attached hydrogens (tertiary/aromatic N) is 1. The van der Waals surface area contributed by atoms with Gasteiger partial charge in [-0.2, -0.15) is 0 Å². The van der Waals surface area contributed by atoms with Crippen molar-refractivity contribution < 1.29 is 9.53 Å². The van der Waals surface area contributed by atoms with E-state index in [-0.39, 0.29) is 5.91 Å². The van der Waals surface area contributed by atoms with Crippen LogP contribution in [0.2, 0.25) is 5.02 Å². The van der Waals surface area contributed by atoms with Crippen molar-refractivity contribution in [2.24, 2.45) is 0 Å². The summed E-state index contributed by atoms with van der Waals surface area (Å²) in [5, 5.41) is 1.95. The second-order valence-electron chi connectivity index (χ2n) is 6.73. The molecule has 4 nitrogen and oxygen atoms in total. The fraction of sp³-hybridized carbons (Fsp3) is 0.286. The number of carbonyl (C=O) groups is 1. The van der Waals surface area contributed by atoms with Gasteiger partial charge in [0, 0.05) is 40.8 Å². The molecule has 26 heavy (non-hydrogen) atoms. The molecule has 2 aromatic carbocycles. The Morgan fingerprint density at radius 1 is 1.15 bits per heavy atom. The van der Waals surface area contributed by atoms with Crippen LogP contribution in [-0.2, 0) is 0 Å². The van der Waals surface area contributed by atoms with E-state index in [2.05, 4.69) is 11.2 Å². The molecule has 1 aliphatic rings. The number of ether oxygens (including phenoxy) is 1. The first-order chi connectivity index (χ1) is 12.7. The van der Waals surface area contributed by atoms with E-state index >= 15 is 0 Å². The second-order valence-corrected chi connectivity index (χ2v) is 7.17. The molecule has 0 atom stereocenters. The van der Waals surface area contributed by atoms with Gasteiger partial charge in [0.25, 0.3) is 5.91 Å². The molecule has 0 unspecified atom stereocenters. The van der Waals surface area contributed by atoms with Crippen LogP contribution in [0.5, 0.6) is 5.75 Å². The zero-order valence-electron chi connectivity index (χ0n) is 14.7. The van der Waals surface area contributed by atoms with Crippen LogP contribution in [0.3, 0.4) is 0 Å². The molecule has 1 aliphatic heterocycles. The summed E-state index contributed by atoms with van der Waals surface area (Å²) < 4.78 is 5.16. The summed E-state index contributed by atoms with van der Waals surface area (Å²) in [5.74, 6) is 1.30. The molecule has 2 heterocycles. The highest BCUT2D eigenvalue weighted by Gasteiger charge is 2.26. The van der Waals surface area contributed by atoms with E-state index in [1.54, 1.807) is 7.11 Å². The van der Waals surface area contributed by atoms with E-state index in [9.17, 15) is 4.79 Å². The van der Waals surface area contributed by atoms with Gasteiger partial charge in [0.05, 0.1) is 7.11 Å². The number of methoxy groups -OCH3 is 1. The Labute approximate surface area is 157 Å². The summed E-state index contributed by atoms with van der Waals surface area (Å²) in [6, 6.07) is 13.3. The number of amides is 1. The van der Waals surface area contributed by atoms with Gasteiger partial charge in [0.1, 0.15) is 5.75 Å². The minimum atomic E-state index is 0.0908. The molecule has 0 radical (unpaired) electrons.